The molecule has 1 heterocycles. The number of morpholine rings is 1. The summed E-state index contributed by atoms with van der Waals surface area (Å²) in [5, 5.41) is 0. The van der Waals surface area contributed by atoms with Gasteiger partial charge in [-0.05, 0) is 36.8 Å². The number of hydrogen-bond donors (Lipinski definition) is 1. The van der Waals surface area contributed by atoms with E-state index in [1.807, 2.05) is 31.2 Å². The Hall–Kier alpha value is -1.93. The van der Waals surface area contributed by atoms with E-state index < -0.39 is 10.0 Å². The van der Waals surface area contributed by atoms with Crippen LogP contribution in [0.4, 0.5) is 0 Å². The maximum absolute atomic E-state index is 12.7. The zero-order valence-corrected chi connectivity index (χ0v) is 16.5. The van der Waals surface area contributed by atoms with Crippen molar-refractivity contribution in [2.24, 2.45) is 0 Å². The van der Waals surface area contributed by atoms with Gasteiger partial charge in [-0.25, -0.2) is 13.1 Å². The van der Waals surface area contributed by atoms with Gasteiger partial charge in [0.1, 0.15) is 5.75 Å². The zero-order chi connectivity index (χ0) is 19.3. The van der Waals surface area contributed by atoms with Crippen molar-refractivity contribution in [2.45, 2.75) is 17.9 Å². The molecule has 1 atom stereocenters. The number of hydrogen-bond acceptors (Lipinski definition) is 5. The molecule has 0 bridgehead atoms. The van der Waals surface area contributed by atoms with Crippen LogP contribution in [0.1, 0.15) is 17.2 Å². The molecule has 146 valence electrons. The summed E-state index contributed by atoms with van der Waals surface area (Å²) in [5.74, 6) is 0.757. The van der Waals surface area contributed by atoms with E-state index in [-0.39, 0.29) is 17.5 Å². The molecule has 2 aromatic carbocycles. The molecule has 1 aliphatic heterocycles. The lowest BCUT2D eigenvalue weighted by Gasteiger charge is -2.35. The van der Waals surface area contributed by atoms with E-state index in [2.05, 4.69) is 9.62 Å². The Labute approximate surface area is 161 Å². The van der Waals surface area contributed by atoms with Crippen LogP contribution in [0, 0.1) is 6.92 Å². The quantitative estimate of drug-likeness (QED) is 0.786. The molecule has 7 heteroatoms. The number of nitrogens with one attached hydrogen (secondary N) is 1. The average Bonchev–Trinajstić information content (AvgIpc) is 2.69. The molecular formula is C20H26N2O4S. The molecule has 27 heavy (non-hydrogen) atoms. The smallest absolute Gasteiger partial charge is 0.240 e. The number of benzene rings is 2. The van der Waals surface area contributed by atoms with Crippen molar-refractivity contribution in [3.05, 3.63) is 59.7 Å². The average molecular weight is 391 g/mol. The molecule has 0 amide bonds. The minimum absolute atomic E-state index is 0.0933. The van der Waals surface area contributed by atoms with E-state index in [4.69, 9.17) is 9.47 Å². The Balaban J connectivity index is 1.81. The lowest BCUT2D eigenvalue weighted by molar-refractivity contribution is 0.0171. The lowest BCUT2D eigenvalue weighted by atomic mass is 10.0. The van der Waals surface area contributed by atoms with Crippen LogP contribution in [0.15, 0.2) is 53.4 Å². The molecule has 3 rings (SSSR count). The summed E-state index contributed by atoms with van der Waals surface area (Å²) in [6.45, 7) is 5.02. The standard InChI is InChI=1S/C20H26N2O4S/c1-16-6-8-19(9-7-16)27(23,24)21-15-20(22-10-12-26-13-11-22)17-4-3-5-18(14-17)25-2/h3-9,14,20-21H,10-13,15H2,1-2H3. The van der Waals surface area contributed by atoms with E-state index in [9.17, 15) is 8.42 Å². The third-order valence-corrected chi connectivity index (χ3v) is 6.20. The third kappa shape index (κ3) is 5.07. The van der Waals surface area contributed by atoms with Crippen molar-refractivity contribution in [1.29, 1.82) is 0 Å². The van der Waals surface area contributed by atoms with Crippen molar-refractivity contribution in [3.8, 4) is 5.75 Å². The molecule has 1 unspecified atom stereocenters. The number of nitrogens with zero attached hydrogens (tertiary/aromatic N) is 1. The van der Waals surface area contributed by atoms with E-state index in [1.165, 1.54) is 0 Å². The lowest BCUT2D eigenvalue weighted by Crippen LogP contribution is -2.43. The summed E-state index contributed by atoms with van der Waals surface area (Å²) in [4.78, 5) is 2.52. The predicted molar refractivity (Wildman–Crippen MR) is 104 cm³/mol. The molecule has 0 saturated carbocycles. The van der Waals surface area contributed by atoms with Gasteiger partial charge in [0, 0.05) is 25.7 Å². The fourth-order valence-corrected chi connectivity index (χ4v) is 4.22. The SMILES string of the molecule is COc1cccc(C(CNS(=O)(=O)c2ccc(C)cc2)N2CCOCC2)c1. The summed E-state index contributed by atoms with van der Waals surface area (Å²) in [7, 11) is -1.95. The van der Waals surface area contributed by atoms with Crippen LogP contribution in [0.2, 0.25) is 0 Å². The van der Waals surface area contributed by atoms with Gasteiger partial charge in [0.2, 0.25) is 10.0 Å². The highest BCUT2D eigenvalue weighted by atomic mass is 32.2. The van der Waals surface area contributed by atoms with Crippen molar-refractivity contribution in [2.75, 3.05) is 40.0 Å². The van der Waals surface area contributed by atoms with Crippen LogP contribution in [-0.2, 0) is 14.8 Å². The van der Waals surface area contributed by atoms with Gasteiger partial charge in [-0.2, -0.15) is 0 Å². The van der Waals surface area contributed by atoms with E-state index in [1.54, 1.807) is 31.4 Å². The van der Waals surface area contributed by atoms with Gasteiger partial charge in [0.05, 0.1) is 25.2 Å². The second-order valence-electron chi connectivity index (χ2n) is 6.61. The molecule has 0 spiro atoms. The highest BCUT2D eigenvalue weighted by molar-refractivity contribution is 7.89. The van der Waals surface area contributed by atoms with Crippen LogP contribution in [-0.4, -0.2) is 53.3 Å². The second-order valence-corrected chi connectivity index (χ2v) is 8.37. The fourth-order valence-electron chi connectivity index (χ4n) is 3.19. The Kier molecular flexibility index (Phi) is 6.49. The predicted octanol–water partition coefficient (Wildman–Crippen LogP) is 2.36. The van der Waals surface area contributed by atoms with Crippen LogP contribution in [0.3, 0.4) is 0 Å². The molecule has 1 saturated heterocycles. The minimum Gasteiger partial charge on any atom is -0.497 e. The summed E-state index contributed by atoms with van der Waals surface area (Å²) in [6, 6.07) is 14.5. The monoisotopic (exact) mass is 390 g/mol. The number of methoxy groups -OCH3 is 1. The van der Waals surface area contributed by atoms with Crippen LogP contribution in [0.25, 0.3) is 0 Å². The van der Waals surface area contributed by atoms with Crippen molar-refractivity contribution in [1.82, 2.24) is 9.62 Å². The highest BCUT2D eigenvalue weighted by Crippen LogP contribution is 2.25. The van der Waals surface area contributed by atoms with Crippen molar-refractivity contribution >= 4 is 10.0 Å². The summed E-state index contributed by atoms with van der Waals surface area (Å²) in [5.41, 5.74) is 2.04. The van der Waals surface area contributed by atoms with Gasteiger partial charge < -0.3 is 9.47 Å². The largest absolute Gasteiger partial charge is 0.497 e. The summed E-state index contributed by atoms with van der Waals surface area (Å²) >= 11 is 0. The summed E-state index contributed by atoms with van der Waals surface area (Å²) < 4.78 is 39.0. The number of rotatable bonds is 7. The molecule has 1 fully saturated rings. The van der Waals surface area contributed by atoms with Gasteiger partial charge in [0.25, 0.3) is 0 Å². The number of ether oxygens (including phenoxy) is 2. The van der Waals surface area contributed by atoms with Gasteiger partial charge in [0.15, 0.2) is 0 Å². The van der Waals surface area contributed by atoms with Gasteiger partial charge in [-0.3, -0.25) is 4.90 Å². The molecule has 0 aliphatic carbocycles. The second kappa shape index (κ2) is 8.84. The maximum atomic E-state index is 12.7. The van der Waals surface area contributed by atoms with Gasteiger partial charge in [-0.15, -0.1) is 0 Å². The third-order valence-electron chi connectivity index (χ3n) is 4.76. The molecule has 6 nitrogen and oxygen atoms in total. The Morgan fingerprint density at radius 3 is 2.52 bits per heavy atom. The molecule has 1 aliphatic rings. The van der Waals surface area contributed by atoms with Crippen LogP contribution in [0.5, 0.6) is 5.75 Å². The van der Waals surface area contributed by atoms with Crippen LogP contribution < -0.4 is 9.46 Å². The fraction of sp³-hybridized carbons (Fsp3) is 0.400. The van der Waals surface area contributed by atoms with E-state index in [0.29, 0.717) is 13.2 Å². The molecular weight excluding hydrogens is 364 g/mol. The molecule has 0 aromatic heterocycles. The first-order valence-corrected chi connectivity index (χ1v) is 10.5. The van der Waals surface area contributed by atoms with Gasteiger partial charge >= 0.3 is 0 Å². The minimum atomic E-state index is -3.57. The first kappa shape index (κ1) is 19.8. The Bertz CT molecular complexity index is 847. The highest BCUT2D eigenvalue weighted by Gasteiger charge is 2.25. The molecule has 0 radical (unpaired) electrons. The zero-order valence-electron chi connectivity index (χ0n) is 15.7. The topological polar surface area (TPSA) is 67.9 Å². The Morgan fingerprint density at radius 2 is 1.85 bits per heavy atom. The summed E-state index contributed by atoms with van der Waals surface area (Å²) in [6.07, 6.45) is 0. The normalized spacial score (nSPS) is 16.8. The molecule has 2 aromatic rings. The maximum Gasteiger partial charge on any atom is 0.240 e. The van der Waals surface area contributed by atoms with Crippen molar-refractivity contribution < 1.29 is 17.9 Å². The van der Waals surface area contributed by atoms with E-state index >= 15 is 0 Å². The van der Waals surface area contributed by atoms with E-state index in [0.717, 1.165) is 30.0 Å². The first-order chi connectivity index (χ1) is 13.0. The van der Waals surface area contributed by atoms with Crippen molar-refractivity contribution in [3.63, 3.8) is 0 Å². The van der Waals surface area contributed by atoms with Crippen LogP contribution >= 0.6 is 0 Å². The number of aryl methyl sites for hydroxylation is 1. The van der Waals surface area contributed by atoms with Gasteiger partial charge in [-0.1, -0.05) is 29.8 Å². The molecule has 1 N–H and O–H groups in total. The Morgan fingerprint density at radius 1 is 1.15 bits per heavy atom. The first-order valence-electron chi connectivity index (χ1n) is 9.02. The number of sulfonamides is 1.